The largest absolute Gasteiger partial charge is 0.396 e. The third kappa shape index (κ3) is 4.30. The van der Waals surface area contributed by atoms with Crippen LogP contribution in [0.15, 0.2) is 29.2 Å². The Morgan fingerprint density at radius 3 is 2.26 bits per heavy atom. The molecule has 0 aliphatic rings. The highest BCUT2D eigenvalue weighted by atomic mass is 32.2. The van der Waals surface area contributed by atoms with Gasteiger partial charge in [-0.15, -0.1) is 0 Å². The number of aryl methyl sites for hydroxylation is 1. The van der Waals surface area contributed by atoms with Crippen molar-refractivity contribution in [3.63, 3.8) is 0 Å². The lowest BCUT2D eigenvalue weighted by Gasteiger charge is -2.20. The van der Waals surface area contributed by atoms with E-state index >= 15 is 0 Å². The lowest BCUT2D eigenvalue weighted by atomic mass is 10.1. The quantitative estimate of drug-likeness (QED) is 0.795. The van der Waals surface area contributed by atoms with Gasteiger partial charge in [-0.3, -0.25) is 0 Å². The number of benzene rings is 1. The summed E-state index contributed by atoms with van der Waals surface area (Å²) in [6, 6.07) is 7.08. The lowest BCUT2D eigenvalue weighted by Crippen LogP contribution is -2.32. The second kappa shape index (κ2) is 7.62. The van der Waals surface area contributed by atoms with Gasteiger partial charge in [0, 0.05) is 19.7 Å². The zero-order valence-electron chi connectivity index (χ0n) is 11.7. The Labute approximate surface area is 116 Å². The van der Waals surface area contributed by atoms with Crippen molar-refractivity contribution in [3.05, 3.63) is 29.8 Å². The van der Waals surface area contributed by atoms with Gasteiger partial charge in [-0.05, 0) is 30.5 Å². The average molecular weight is 285 g/mol. The van der Waals surface area contributed by atoms with Crippen LogP contribution in [0.3, 0.4) is 0 Å². The molecule has 0 spiro atoms. The summed E-state index contributed by atoms with van der Waals surface area (Å²) in [5.41, 5.74) is 1.15. The highest BCUT2D eigenvalue weighted by Crippen LogP contribution is 2.17. The van der Waals surface area contributed by atoms with Gasteiger partial charge in [0.25, 0.3) is 0 Å². The second-order valence-electron chi connectivity index (χ2n) is 4.47. The zero-order valence-corrected chi connectivity index (χ0v) is 12.5. The minimum atomic E-state index is -3.43. The van der Waals surface area contributed by atoms with Crippen molar-refractivity contribution in [3.8, 4) is 0 Å². The summed E-state index contributed by atoms with van der Waals surface area (Å²) >= 11 is 0. The maximum atomic E-state index is 12.4. The molecule has 0 saturated carbocycles. The first-order valence-corrected chi connectivity index (χ1v) is 8.20. The molecule has 0 aliphatic carbocycles. The van der Waals surface area contributed by atoms with Crippen LogP contribution in [0.1, 0.15) is 32.3 Å². The Balaban J connectivity index is 2.91. The standard InChI is InChI=1S/C14H23NO3S/c1-3-6-13-7-9-14(10-8-13)19(17,18)15(4-2)11-5-12-16/h7-10,16H,3-6,11-12H2,1-2H3. The van der Waals surface area contributed by atoms with E-state index in [0.717, 1.165) is 18.4 Å². The van der Waals surface area contributed by atoms with Crippen LogP contribution in [0.5, 0.6) is 0 Å². The van der Waals surface area contributed by atoms with Gasteiger partial charge >= 0.3 is 0 Å². The molecule has 0 atom stereocenters. The molecule has 1 aromatic rings. The van der Waals surface area contributed by atoms with Crippen LogP contribution in [-0.4, -0.2) is 37.5 Å². The van der Waals surface area contributed by atoms with Gasteiger partial charge < -0.3 is 5.11 Å². The monoisotopic (exact) mass is 285 g/mol. The van der Waals surface area contributed by atoms with Gasteiger partial charge in [0.2, 0.25) is 10.0 Å². The van der Waals surface area contributed by atoms with Crippen molar-refractivity contribution in [2.75, 3.05) is 19.7 Å². The summed E-state index contributed by atoms with van der Waals surface area (Å²) in [5.74, 6) is 0. The molecule has 4 nitrogen and oxygen atoms in total. The van der Waals surface area contributed by atoms with Crippen LogP contribution in [0, 0.1) is 0 Å². The van der Waals surface area contributed by atoms with Crippen molar-refractivity contribution < 1.29 is 13.5 Å². The molecule has 0 unspecified atom stereocenters. The molecule has 0 radical (unpaired) electrons. The SMILES string of the molecule is CCCc1ccc(S(=O)(=O)N(CC)CCCO)cc1. The van der Waals surface area contributed by atoms with Crippen molar-refractivity contribution in [2.24, 2.45) is 0 Å². The summed E-state index contributed by atoms with van der Waals surface area (Å²) in [6.07, 6.45) is 2.47. The fourth-order valence-electron chi connectivity index (χ4n) is 1.96. The summed E-state index contributed by atoms with van der Waals surface area (Å²) in [7, 11) is -3.43. The molecule has 1 rings (SSSR count). The Hall–Kier alpha value is -0.910. The van der Waals surface area contributed by atoms with Gasteiger partial charge in [0.05, 0.1) is 4.90 Å². The summed E-state index contributed by atoms with van der Waals surface area (Å²) < 4.78 is 26.2. The maximum Gasteiger partial charge on any atom is 0.243 e. The number of nitrogens with zero attached hydrogens (tertiary/aromatic N) is 1. The number of hydrogen-bond acceptors (Lipinski definition) is 3. The van der Waals surface area contributed by atoms with E-state index in [4.69, 9.17) is 5.11 Å². The topological polar surface area (TPSA) is 57.6 Å². The summed E-state index contributed by atoms with van der Waals surface area (Å²) in [6.45, 7) is 4.67. The van der Waals surface area contributed by atoms with Gasteiger partial charge in [-0.25, -0.2) is 8.42 Å². The van der Waals surface area contributed by atoms with E-state index in [0.29, 0.717) is 24.4 Å². The molecule has 0 amide bonds. The molecule has 108 valence electrons. The molecule has 1 N–H and O–H groups in total. The van der Waals surface area contributed by atoms with E-state index < -0.39 is 10.0 Å². The Bertz CT molecular complexity index is 468. The Morgan fingerprint density at radius 2 is 1.79 bits per heavy atom. The first kappa shape index (κ1) is 16.1. The number of hydrogen-bond donors (Lipinski definition) is 1. The smallest absolute Gasteiger partial charge is 0.243 e. The van der Waals surface area contributed by atoms with Crippen molar-refractivity contribution >= 4 is 10.0 Å². The zero-order chi connectivity index (χ0) is 14.3. The Kier molecular flexibility index (Phi) is 6.48. The fraction of sp³-hybridized carbons (Fsp3) is 0.571. The van der Waals surface area contributed by atoms with Gasteiger partial charge in [0.1, 0.15) is 0 Å². The van der Waals surface area contributed by atoms with Crippen LogP contribution >= 0.6 is 0 Å². The van der Waals surface area contributed by atoms with Crippen molar-refractivity contribution in [1.29, 1.82) is 0 Å². The molecular formula is C14H23NO3S. The fourth-order valence-corrected chi connectivity index (χ4v) is 3.45. The van der Waals surface area contributed by atoms with Crippen LogP contribution in [0.25, 0.3) is 0 Å². The number of rotatable bonds is 8. The van der Waals surface area contributed by atoms with Crippen LogP contribution in [0.2, 0.25) is 0 Å². The number of sulfonamides is 1. The highest BCUT2D eigenvalue weighted by Gasteiger charge is 2.22. The van der Waals surface area contributed by atoms with E-state index in [1.54, 1.807) is 19.1 Å². The molecule has 1 aromatic carbocycles. The van der Waals surface area contributed by atoms with Crippen molar-refractivity contribution in [1.82, 2.24) is 4.31 Å². The van der Waals surface area contributed by atoms with E-state index in [-0.39, 0.29) is 6.61 Å². The minimum absolute atomic E-state index is 0.00145. The summed E-state index contributed by atoms with van der Waals surface area (Å²) in [4.78, 5) is 0.326. The predicted octanol–water partition coefficient (Wildman–Crippen LogP) is 2.03. The second-order valence-corrected chi connectivity index (χ2v) is 6.41. The number of aliphatic hydroxyl groups is 1. The van der Waals surface area contributed by atoms with Crippen LogP contribution < -0.4 is 0 Å². The first-order valence-electron chi connectivity index (χ1n) is 6.76. The molecule has 0 bridgehead atoms. The summed E-state index contributed by atoms with van der Waals surface area (Å²) in [5, 5.41) is 8.82. The van der Waals surface area contributed by atoms with E-state index in [1.165, 1.54) is 4.31 Å². The molecule has 5 heteroatoms. The van der Waals surface area contributed by atoms with E-state index in [9.17, 15) is 8.42 Å². The van der Waals surface area contributed by atoms with Crippen LogP contribution in [-0.2, 0) is 16.4 Å². The van der Waals surface area contributed by atoms with Crippen LogP contribution in [0.4, 0.5) is 0 Å². The highest BCUT2D eigenvalue weighted by molar-refractivity contribution is 7.89. The molecule has 0 saturated heterocycles. The predicted molar refractivity (Wildman–Crippen MR) is 76.6 cm³/mol. The van der Waals surface area contributed by atoms with Gasteiger partial charge in [-0.1, -0.05) is 32.4 Å². The van der Waals surface area contributed by atoms with E-state index in [1.807, 2.05) is 12.1 Å². The molecule has 0 fully saturated rings. The minimum Gasteiger partial charge on any atom is -0.396 e. The molecule has 0 aromatic heterocycles. The average Bonchev–Trinajstić information content (AvgIpc) is 2.40. The lowest BCUT2D eigenvalue weighted by molar-refractivity contribution is 0.271. The third-order valence-corrected chi connectivity index (χ3v) is 5.01. The third-order valence-electron chi connectivity index (χ3n) is 3.02. The van der Waals surface area contributed by atoms with Gasteiger partial charge in [-0.2, -0.15) is 4.31 Å². The first-order chi connectivity index (χ1) is 9.06. The van der Waals surface area contributed by atoms with E-state index in [2.05, 4.69) is 6.92 Å². The number of aliphatic hydroxyl groups excluding tert-OH is 1. The maximum absolute atomic E-state index is 12.4. The molecular weight excluding hydrogens is 262 g/mol. The normalized spacial score (nSPS) is 12.0. The molecule has 19 heavy (non-hydrogen) atoms. The Morgan fingerprint density at radius 1 is 1.16 bits per heavy atom. The molecule has 0 heterocycles. The van der Waals surface area contributed by atoms with Gasteiger partial charge in [0.15, 0.2) is 0 Å². The molecule has 0 aliphatic heterocycles. The van der Waals surface area contributed by atoms with Crippen molar-refractivity contribution in [2.45, 2.75) is 38.0 Å².